The van der Waals surface area contributed by atoms with Gasteiger partial charge >= 0.3 is 0 Å². The lowest BCUT2D eigenvalue weighted by molar-refractivity contribution is -0.132. The Morgan fingerprint density at radius 3 is 2.48 bits per heavy atom. The van der Waals surface area contributed by atoms with Gasteiger partial charge in [-0.25, -0.2) is 0 Å². The molecule has 8 nitrogen and oxygen atoms in total. The molecule has 1 amide bonds. The van der Waals surface area contributed by atoms with E-state index in [9.17, 15) is 14.7 Å². The zero-order valence-electron chi connectivity index (χ0n) is 17.7. The lowest BCUT2D eigenvalue weighted by Gasteiger charge is -2.25. The largest absolute Gasteiger partial charge is 0.507 e. The van der Waals surface area contributed by atoms with Crippen LogP contribution in [-0.2, 0) is 9.59 Å². The highest BCUT2D eigenvalue weighted by Crippen LogP contribution is 2.42. The van der Waals surface area contributed by atoms with Gasteiger partial charge in [-0.2, -0.15) is 0 Å². The highest BCUT2D eigenvalue weighted by Gasteiger charge is 2.47. The zero-order chi connectivity index (χ0) is 22.9. The molecular weight excluding hydrogens is 424 g/mol. The summed E-state index contributed by atoms with van der Waals surface area (Å²) in [5.41, 5.74) is 1.22. The Morgan fingerprint density at radius 2 is 1.79 bits per heavy atom. The van der Waals surface area contributed by atoms with Gasteiger partial charge in [0.25, 0.3) is 11.7 Å². The fourth-order valence-corrected chi connectivity index (χ4v) is 4.01. The van der Waals surface area contributed by atoms with Crippen LogP contribution in [0.4, 0.5) is 5.69 Å². The average molecular weight is 444 g/mol. The van der Waals surface area contributed by atoms with E-state index in [0.717, 1.165) is 0 Å². The molecule has 33 heavy (non-hydrogen) atoms. The summed E-state index contributed by atoms with van der Waals surface area (Å²) in [5.74, 6) is -0.233. The third-order valence-electron chi connectivity index (χ3n) is 5.58. The van der Waals surface area contributed by atoms with E-state index < -0.39 is 17.7 Å². The summed E-state index contributed by atoms with van der Waals surface area (Å²) in [5, 5.41) is 11.2. The van der Waals surface area contributed by atoms with E-state index in [1.807, 2.05) is 0 Å². The van der Waals surface area contributed by atoms with Crippen LogP contribution in [0.1, 0.15) is 17.3 Å². The molecule has 1 N–H and O–H groups in total. The summed E-state index contributed by atoms with van der Waals surface area (Å²) in [7, 11) is 1.54. The number of rotatable bonds is 4. The molecule has 8 heteroatoms. The van der Waals surface area contributed by atoms with Crippen molar-refractivity contribution in [2.45, 2.75) is 6.04 Å². The Kier molecular flexibility index (Phi) is 5.18. The molecule has 3 heterocycles. The lowest BCUT2D eigenvalue weighted by Crippen LogP contribution is -2.29. The summed E-state index contributed by atoms with van der Waals surface area (Å²) < 4.78 is 16.3. The van der Waals surface area contributed by atoms with Gasteiger partial charge in [-0.1, -0.05) is 6.07 Å². The number of carbonyl (C=O) groups excluding carboxylic acids is 2. The van der Waals surface area contributed by atoms with E-state index in [1.165, 1.54) is 4.90 Å². The number of aliphatic hydroxyl groups is 1. The van der Waals surface area contributed by atoms with Gasteiger partial charge < -0.3 is 19.3 Å². The fraction of sp³-hybridized carbons (Fsp3) is 0.160. The number of fused-ring (bicyclic) bond motifs is 1. The van der Waals surface area contributed by atoms with Crippen LogP contribution in [-0.4, -0.2) is 42.1 Å². The van der Waals surface area contributed by atoms with E-state index in [-0.39, 0.29) is 11.3 Å². The molecule has 0 saturated carbocycles. The minimum Gasteiger partial charge on any atom is -0.507 e. The first-order valence-electron chi connectivity index (χ1n) is 10.3. The van der Waals surface area contributed by atoms with Crippen molar-refractivity contribution in [3.05, 3.63) is 83.7 Å². The Hall–Kier alpha value is -4.33. The summed E-state index contributed by atoms with van der Waals surface area (Å²) in [6.07, 6.45) is 1.58. The number of anilines is 1. The molecule has 0 radical (unpaired) electrons. The first-order chi connectivity index (χ1) is 16.1. The van der Waals surface area contributed by atoms with Gasteiger partial charge in [-0.3, -0.25) is 19.5 Å². The molecule has 5 rings (SSSR count). The van der Waals surface area contributed by atoms with Crippen LogP contribution >= 0.6 is 0 Å². The topological polar surface area (TPSA) is 98.2 Å². The molecule has 1 fully saturated rings. The first kappa shape index (κ1) is 20.6. The number of methoxy groups -OCH3 is 1. The van der Waals surface area contributed by atoms with Crippen LogP contribution < -0.4 is 19.1 Å². The Morgan fingerprint density at radius 1 is 1.03 bits per heavy atom. The molecule has 0 spiro atoms. The lowest BCUT2D eigenvalue weighted by atomic mass is 9.98. The Labute approximate surface area is 189 Å². The molecule has 2 aliphatic rings. The van der Waals surface area contributed by atoms with Gasteiger partial charge in [-0.05, 0) is 54.6 Å². The van der Waals surface area contributed by atoms with E-state index in [0.29, 0.717) is 47.4 Å². The van der Waals surface area contributed by atoms with E-state index >= 15 is 0 Å². The number of benzene rings is 2. The predicted octanol–water partition coefficient (Wildman–Crippen LogP) is 3.49. The molecule has 2 aliphatic heterocycles. The molecule has 3 aromatic rings. The predicted molar refractivity (Wildman–Crippen MR) is 119 cm³/mol. The zero-order valence-corrected chi connectivity index (χ0v) is 17.7. The fourth-order valence-electron chi connectivity index (χ4n) is 4.01. The van der Waals surface area contributed by atoms with Crippen molar-refractivity contribution in [1.82, 2.24) is 4.98 Å². The van der Waals surface area contributed by atoms with Crippen molar-refractivity contribution in [2.24, 2.45) is 0 Å². The molecule has 0 bridgehead atoms. The minimum atomic E-state index is -0.909. The smallest absolute Gasteiger partial charge is 0.300 e. The van der Waals surface area contributed by atoms with Crippen molar-refractivity contribution in [2.75, 3.05) is 25.2 Å². The van der Waals surface area contributed by atoms with Crippen molar-refractivity contribution < 1.29 is 28.9 Å². The maximum absolute atomic E-state index is 13.2. The van der Waals surface area contributed by atoms with Crippen LogP contribution in [0.2, 0.25) is 0 Å². The summed E-state index contributed by atoms with van der Waals surface area (Å²) >= 11 is 0. The van der Waals surface area contributed by atoms with E-state index in [4.69, 9.17) is 14.2 Å². The van der Waals surface area contributed by atoms with Crippen LogP contribution in [0, 0.1) is 0 Å². The number of hydrogen-bond donors (Lipinski definition) is 1. The number of carbonyl (C=O) groups is 2. The summed E-state index contributed by atoms with van der Waals surface area (Å²) in [6.45, 7) is 0.817. The Bertz CT molecular complexity index is 1250. The van der Waals surface area contributed by atoms with Crippen LogP contribution in [0.5, 0.6) is 17.2 Å². The van der Waals surface area contributed by atoms with E-state index in [2.05, 4.69) is 4.98 Å². The number of pyridine rings is 1. The van der Waals surface area contributed by atoms with Gasteiger partial charge in [0.2, 0.25) is 0 Å². The van der Waals surface area contributed by atoms with Gasteiger partial charge in [0.05, 0.1) is 18.4 Å². The SMILES string of the molecule is COc1ccc(N2C(=O)C(=O)/C(=C(\O)c3ccc4c(c3)OCCO4)C2c2ccccn2)cc1. The third-order valence-corrected chi connectivity index (χ3v) is 5.58. The van der Waals surface area contributed by atoms with Gasteiger partial charge in [0, 0.05) is 17.4 Å². The summed E-state index contributed by atoms with van der Waals surface area (Å²) in [6, 6.07) is 16.0. The number of aromatic nitrogens is 1. The molecule has 166 valence electrons. The monoisotopic (exact) mass is 444 g/mol. The second-order valence-electron chi connectivity index (χ2n) is 7.48. The standard InChI is InChI=1S/C25H20N2O6/c1-31-17-8-6-16(7-9-17)27-22(18-4-2-3-11-26-18)21(24(29)25(27)30)23(28)15-5-10-19-20(14-15)33-13-12-32-19/h2-11,14,22,28H,12-13H2,1H3/b23-21-. The third kappa shape index (κ3) is 3.55. The molecular formula is C25H20N2O6. The van der Waals surface area contributed by atoms with E-state index in [1.54, 1.807) is 74.0 Å². The highest BCUT2D eigenvalue weighted by atomic mass is 16.6. The first-order valence-corrected chi connectivity index (χ1v) is 10.3. The molecule has 2 aromatic carbocycles. The van der Waals surface area contributed by atoms with Crippen LogP contribution in [0.15, 0.2) is 72.4 Å². The normalized spacial score (nSPS) is 18.9. The van der Waals surface area contributed by atoms with Crippen molar-refractivity contribution in [1.29, 1.82) is 0 Å². The van der Waals surface area contributed by atoms with Crippen molar-refractivity contribution in [3.63, 3.8) is 0 Å². The highest BCUT2D eigenvalue weighted by molar-refractivity contribution is 6.51. The second-order valence-corrected chi connectivity index (χ2v) is 7.48. The molecule has 1 atom stereocenters. The second kappa shape index (κ2) is 8.31. The average Bonchev–Trinajstić information content (AvgIpc) is 3.14. The number of amides is 1. The number of nitrogens with zero attached hydrogens (tertiary/aromatic N) is 2. The summed E-state index contributed by atoms with van der Waals surface area (Å²) in [4.78, 5) is 32.0. The number of Topliss-reactive ketones (excluding diaryl/α,β-unsaturated/α-hetero) is 1. The quantitative estimate of drug-likeness (QED) is 0.374. The molecule has 1 aromatic heterocycles. The maximum atomic E-state index is 13.2. The Balaban J connectivity index is 1.66. The number of hydrogen-bond acceptors (Lipinski definition) is 7. The molecule has 1 saturated heterocycles. The number of ketones is 1. The number of aliphatic hydroxyl groups excluding tert-OH is 1. The minimum absolute atomic E-state index is 0.0498. The maximum Gasteiger partial charge on any atom is 0.300 e. The number of ether oxygens (including phenoxy) is 3. The van der Waals surface area contributed by atoms with Crippen molar-refractivity contribution in [3.8, 4) is 17.2 Å². The van der Waals surface area contributed by atoms with Gasteiger partial charge in [0.1, 0.15) is 30.8 Å². The van der Waals surface area contributed by atoms with Gasteiger partial charge in [-0.15, -0.1) is 0 Å². The molecule has 1 unspecified atom stereocenters. The molecule has 0 aliphatic carbocycles. The van der Waals surface area contributed by atoms with Crippen LogP contribution in [0.3, 0.4) is 0 Å². The van der Waals surface area contributed by atoms with Gasteiger partial charge in [0.15, 0.2) is 11.5 Å². The van der Waals surface area contributed by atoms with Crippen molar-refractivity contribution >= 4 is 23.1 Å². The van der Waals surface area contributed by atoms with Crippen LogP contribution in [0.25, 0.3) is 5.76 Å².